The van der Waals surface area contributed by atoms with E-state index in [1.807, 2.05) is 0 Å². The molecule has 8 rings (SSSR count). The summed E-state index contributed by atoms with van der Waals surface area (Å²) in [5, 5.41) is 0. The number of hydrogen-bond acceptors (Lipinski definition) is 3. The number of hydrogen-bond donors (Lipinski definition) is 0. The van der Waals surface area contributed by atoms with Crippen LogP contribution in [0.3, 0.4) is 0 Å². The van der Waals surface area contributed by atoms with E-state index in [0.717, 1.165) is 47.0 Å². The highest BCUT2D eigenvalue weighted by molar-refractivity contribution is 6.48. The van der Waals surface area contributed by atoms with Crippen molar-refractivity contribution in [3.63, 3.8) is 0 Å². The first kappa shape index (κ1) is 17.4. The van der Waals surface area contributed by atoms with Crippen LogP contribution in [0.1, 0.15) is 35.4 Å². The molecule has 3 heteroatoms. The van der Waals surface area contributed by atoms with Gasteiger partial charge in [-0.2, -0.15) is 0 Å². The van der Waals surface area contributed by atoms with E-state index < -0.39 is 0 Å². The molecule has 3 aliphatic carbocycles. The maximum Gasteiger partial charge on any atom is 0.0817 e. The summed E-state index contributed by atoms with van der Waals surface area (Å²) < 4.78 is 0. The van der Waals surface area contributed by atoms with E-state index in [0.29, 0.717) is 0 Å². The molecule has 3 heterocycles. The Kier molecular flexibility index (Phi) is 3.29. The first-order chi connectivity index (χ1) is 16.4. The highest BCUT2D eigenvalue weighted by Gasteiger charge is 2.39. The Morgan fingerprint density at radius 2 is 1.76 bits per heavy atom. The molecule has 154 valence electrons. The zero-order valence-corrected chi connectivity index (χ0v) is 17.9. The summed E-state index contributed by atoms with van der Waals surface area (Å²) in [5.74, 6) is 0.171. The smallest absolute Gasteiger partial charge is 0.0817 e. The Labute approximate surface area is 192 Å². The fraction of sp³-hybridized carbons (Fsp3) is 0.100. The van der Waals surface area contributed by atoms with Crippen molar-refractivity contribution in [1.82, 2.24) is 0 Å². The van der Waals surface area contributed by atoms with Crippen molar-refractivity contribution >= 4 is 39.7 Å². The van der Waals surface area contributed by atoms with Crippen LogP contribution in [-0.4, -0.2) is 17.1 Å². The summed E-state index contributed by atoms with van der Waals surface area (Å²) >= 11 is 0. The predicted molar refractivity (Wildman–Crippen MR) is 136 cm³/mol. The molecule has 0 saturated carbocycles. The molecule has 0 fully saturated rings. The standard InChI is InChI=1S/C30H19N3/c1-2-7-17(8-3-1)18-10-6-11-22-27-25(32-28(18)22)16-14-20-19-13-15-24-26(29(19)33-30(20)27)21-9-4-5-12-23(21)31-24/h1-8,10-14,16,18H,9,15H2. The lowest BCUT2D eigenvalue weighted by Crippen LogP contribution is -2.16. The summed E-state index contributed by atoms with van der Waals surface area (Å²) in [6.45, 7) is 0. The van der Waals surface area contributed by atoms with Crippen molar-refractivity contribution < 1.29 is 0 Å². The van der Waals surface area contributed by atoms with Gasteiger partial charge in [-0.05, 0) is 35.8 Å². The van der Waals surface area contributed by atoms with Crippen molar-refractivity contribution in [2.75, 3.05) is 0 Å². The van der Waals surface area contributed by atoms with E-state index in [4.69, 9.17) is 15.0 Å². The molecule has 0 radical (unpaired) electrons. The van der Waals surface area contributed by atoms with Crippen molar-refractivity contribution in [2.45, 2.75) is 18.8 Å². The van der Waals surface area contributed by atoms with E-state index in [1.165, 1.54) is 39.0 Å². The highest BCUT2D eigenvalue weighted by Crippen LogP contribution is 2.53. The van der Waals surface area contributed by atoms with Gasteiger partial charge in [-0.1, -0.05) is 66.8 Å². The molecule has 3 aliphatic heterocycles. The average molecular weight is 422 g/mol. The molecular weight excluding hydrogens is 402 g/mol. The highest BCUT2D eigenvalue weighted by atomic mass is 14.9. The summed E-state index contributed by atoms with van der Waals surface area (Å²) in [6, 6.07) is 15.0. The topological polar surface area (TPSA) is 37.1 Å². The van der Waals surface area contributed by atoms with Crippen molar-refractivity contribution in [2.24, 2.45) is 15.0 Å². The Bertz CT molecular complexity index is 1580. The monoisotopic (exact) mass is 421 g/mol. The fourth-order valence-electron chi connectivity index (χ4n) is 5.86. The molecule has 0 N–H and O–H groups in total. The van der Waals surface area contributed by atoms with Crippen molar-refractivity contribution in [3.8, 4) is 0 Å². The van der Waals surface area contributed by atoms with Crippen LogP contribution >= 0.6 is 0 Å². The lowest BCUT2D eigenvalue weighted by Gasteiger charge is -2.18. The SMILES string of the molecule is C1=CCC2=C3C(=NC2=C1)CC=C1C3=Nc2c1ccc1c2C2=CC=CC(c3ccccc3)C2=N1. The molecule has 6 aliphatic rings. The average Bonchev–Trinajstić information content (AvgIpc) is 3.54. The Hall–Kier alpha value is -4.11. The van der Waals surface area contributed by atoms with Gasteiger partial charge in [0.25, 0.3) is 0 Å². The molecule has 3 nitrogen and oxygen atoms in total. The quantitative estimate of drug-likeness (QED) is 0.476. The third-order valence-electron chi connectivity index (χ3n) is 7.33. The second-order valence-electron chi connectivity index (χ2n) is 9.09. The molecule has 0 spiro atoms. The van der Waals surface area contributed by atoms with Gasteiger partial charge in [0.15, 0.2) is 0 Å². The molecule has 2 aromatic carbocycles. The number of benzene rings is 2. The Balaban J connectivity index is 1.29. The van der Waals surface area contributed by atoms with Crippen LogP contribution in [-0.2, 0) is 0 Å². The van der Waals surface area contributed by atoms with Crippen molar-refractivity contribution in [1.29, 1.82) is 0 Å². The Morgan fingerprint density at radius 3 is 2.70 bits per heavy atom. The van der Waals surface area contributed by atoms with Gasteiger partial charge in [0.1, 0.15) is 0 Å². The number of nitrogens with zero attached hydrogens (tertiary/aromatic N) is 3. The second kappa shape index (κ2) is 6.23. The largest absolute Gasteiger partial charge is 0.252 e. The van der Waals surface area contributed by atoms with Gasteiger partial charge in [-0.3, -0.25) is 9.98 Å². The van der Waals surface area contributed by atoms with E-state index in [-0.39, 0.29) is 5.92 Å². The number of fused-ring (bicyclic) bond motifs is 10. The lowest BCUT2D eigenvalue weighted by molar-refractivity contribution is 1.14. The van der Waals surface area contributed by atoms with E-state index in [2.05, 4.69) is 85.0 Å². The zero-order chi connectivity index (χ0) is 21.5. The van der Waals surface area contributed by atoms with Gasteiger partial charge < -0.3 is 0 Å². The third-order valence-corrected chi connectivity index (χ3v) is 7.33. The van der Waals surface area contributed by atoms with Crippen LogP contribution in [0.25, 0.3) is 11.1 Å². The third kappa shape index (κ3) is 2.26. The van der Waals surface area contributed by atoms with Gasteiger partial charge in [-0.25, -0.2) is 4.99 Å². The minimum Gasteiger partial charge on any atom is -0.252 e. The van der Waals surface area contributed by atoms with E-state index in [1.54, 1.807) is 0 Å². The predicted octanol–water partition coefficient (Wildman–Crippen LogP) is 6.98. The number of aliphatic imine (C=N–C) groups is 3. The number of allylic oxidation sites excluding steroid dienone is 11. The molecule has 2 aromatic rings. The van der Waals surface area contributed by atoms with Crippen LogP contribution in [0.4, 0.5) is 11.4 Å². The first-order valence-electron chi connectivity index (χ1n) is 11.5. The Morgan fingerprint density at radius 1 is 0.818 bits per heavy atom. The molecular formula is C30H19N3. The van der Waals surface area contributed by atoms with Crippen LogP contribution in [0.2, 0.25) is 0 Å². The molecule has 0 saturated heterocycles. The molecule has 0 aromatic heterocycles. The maximum atomic E-state index is 5.29. The van der Waals surface area contributed by atoms with Crippen LogP contribution in [0.5, 0.6) is 0 Å². The fourth-order valence-corrected chi connectivity index (χ4v) is 5.86. The summed E-state index contributed by atoms with van der Waals surface area (Å²) in [5.41, 5.74) is 15.3. The van der Waals surface area contributed by atoms with Gasteiger partial charge in [0, 0.05) is 40.2 Å². The van der Waals surface area contributed by atoms with E-state index >= 15 is 0 Å². The summed E-state index contributed by atoms with van der Waals surface area (Å²) in [4.78, 5) is 15.3. The molecule has 0 amide bonds. The minimum atomic E-state index is 0.171. The van der Waals surface area contributed by atoms with Crippen LogP contribution < -0.4 is 0 Å². The zero-order valence-electron chi connectivity index (χ0n) is 17.9. The maximum absolute atomic E-state index is 5.29. The van der Waals surface area contributed by atoms with Gasteiger partial charge in [0.05, 0.1) is 34.2 Å². The number of rotatable bonds is 1. The van der Waals surface area contributed by atoms with E-state index in [9.17, 15) is 0 Å². The van der Waals surface area contributed by atoms with Gasteiger partial charge in [0.2, 0.25) is 0 Å². The molecule has 1 unspecified atom stereocenters. The molecule has 1 atom stereocenters. The molecule has 0 bridgehead atoms. The summed E-state index contributed by atoms with van der Waals surface area (Å²) in [6.07, 6.45) is 17.2. The first-order valence-corrected chi connectivity index (χ1v) is 11.5. The van der Waals surface area contributed by atoms with Crippen molar-refractivity contribution in [3.05, 3.63) is 119 Å². The normalized spacial score (nSPS) is 22.7. The van der Waals surface area contributed by atoms with Gasteiger partial charge >= 0.3 is 0 Å². The summed E-state index contributed by atoms with van der Waals surface area (Å²) in [7, 11) is 0. The van der Waals surface area contributed by atoms with Crippen LogP contribution in [0, 0.1) is 0 Å². The second-order valence-corrected chi connectivity index (χ2v) is 9.09. The lowest BCUT2D eigenvalue weighted by atomic mass is 9.83. The minimum absolute atomic E-state index is 0.171. The van der Waals surface area contributed by atoms with Crippen LogP contribution in [0.15, 0.2) is 117 Å². The molecule has 33 heavy (non-hydrogen) atoms. The van der Waals surface area contributed by atoms with Gasteiger partial charge in [-0.15, -0.1) is 0 Å².